The molecule has 0 aliphatic carbocycles. The van der Waals surface area contributed by atoms with Crippen LogP contribution < -0.4 is 10.1 Å². The van der Waals surface area contributed by atoms with Gasteiger partial charge in [-0.05, 0) is 23.8 Å². The fraction of sp³-hybridized carbons (Fsp3) is 0.143. The van der Waals surface area contributed by atoms with E-state index in [-0.39, 0.29) is 21.4 Å². The maximum atomic E-state index is 12.0. The highest BCUT2D eigenvalue weighted by Gasteiger charge is 2.33. The van der Waals surface area contributed by atoms with Gasteiger partial charge in [0.15, 0.2) is 12.4 Å². The van der Waals surface area contributed by atoms with Gasteiger partial charge in [0.2, 0.25) is 0 Å². The highest BCUT2D eigenvalue weighted by molar-refractivity contribution is 6.37. The van der Waals surface area contributed by atoms with Crippen molar-refractivity contribution in [2.45, 2.75) is 0 Å². The number of benzene rings is 1. The molecule has 24 heavy (non-hydrogen) atoms. The van der Waals surface area contributed by atoms with Crippen LogP contribution >= 0.6 is 23.2 Å². The Balaban J connectivity index is 2.36. The van der Waals surface area contributed by atoms with Crippen molar-refractivity contribution in [3.05, 3.63) is 33.3 Å². The summed E-state index contributed by atoms with van der Waals surface area (Å²) in [6, 6.07) is 1.86. The zero-order valence-electron chi connectivity index (χ0n) is 12.1. The van der Waals surface area contributed by atoms with Crippen LogP contribution in [0.1, 0.15) is 5.56 Å². The number of imide groups is 2. The molecule has 2 N–H and O–H groups in total. The van der Waals surface area contributed by atoms with Crippen molar-refractivity contribution in [1.29, 1.82) is 0 Å². The molecule has 0 spiro atoms. The fourth-order valence-corrected chi connectivity index (χ4v) is 2.46. The molecule has 1 heterocycles. The first-order valence-electron chi connectivity index (χ1n) is 6.39. The molecule has 0 bridgehead atoms. The van der Waals surface area contributed by atoms with Gasteiger partial charge in [-0.3, -0.25) is 19.8 Å². The van der Waals surface area contributed by atoms with E-state index in [0.29, 0.717) is 5.56 Å². The van der Waals surface area contributed by atoms with Gasteiger partial charge in [0.25, 0.3) is 11.8 Å². The monoisotopic (exact) mass is 372 g/mol. The van der Waals surface area contributed by atoms with Crippen LogP contribution in [0.4, 0.5) is 4.79 Å². The van der Waals surface area contributed by atoms with Crippen molar-refractivity contribution in [3.8, 4) is 5.75 Å². The number of nitrogens with zero attached hydrogens (tertiary/aromatic N) is 1. The average molecular weight is 373 g/mol. The number of rotatable bonds is 4. The molecule has 0 saturated carbocycles. The second kappa shape index (κ2) is 6.90. The third-order valence-electron chi connectivity index (χ3n) is 2.98. The molecule has 1 aliphatic heterocycles. The first kappa shape index (κ1) is 17.8. The van der Waals surface area contributed by atoms with Crippen LogP contribution in [0.25, 0.3) is 6.08 Å². The Bertz CT molecular complexity index is 766. The Labute approximate surface area is 145 Å². The zero-order valence-corrected chi connectivity index (χ0v) is 13.6. The van der Waals surface area contributed by atoms with Crippen LogP contribution in [0.15, 0.2) is 17.7 Å². The van der Waals surface area contributed by atoms with Crippen molar-refractivity contribution in [2.24, 2.45) is 0 Å². The molecular weight excluding hydrogens is 363 g/mol. The third kappa shape index (κ3) is 3.66. The van der Waals surface area contributed by atoms with Gasteiger partial charge in [-0.1, -0.05) is 23.2 Å². The standard InChI is InChI=1S/C14H10Cl2N2O6/c1-18-13(22)7(12(21)17-14(18)23)2-6-3-8(15)11(9(16)4-6)24-5-10(19)20/h2-4H,5H2,1H3,(H,19,20)(H,17,21,23)/b7-2+. The summed E-state index contributed by atoms with van der Waals surface area (Å²) >= 11 is 12.0. The number of carbonyl (C=O) groups excluding carboxylic acids is 3. The molecule has 1 aromatic carbocycles. The van der Waals surface area contributed by atoms with E-state index in [1.54, 1.807) is 0 Å². The van der Waals surface area contributed by atoms with Gasteiger partial charge in [-0.2, -0.15) is 0 Å². The first-order chi connectivity index (χ1) is 11.2. The Morgan fingerprint density at radius 2 is 1.88 bits per heavy atom. The van der Waals surface area contributed by atoms with Gasteiger partial charge >= 0.3 is 12.0 Å². The molecule has 10 heteroatoms. The summed E-state index contributed by atoms with van der Waals surface area (Å²) in [5, 5.41) is 10.6. The number of hydrogen-bond acceptors (Lipinski definition) is 5. The molecule has 126 valence electrons. The molecule has 0 unspecified atom stereocenters. The lowest BCUT2D eigenvalue weighted by atomic mass is 10.1. The Hall–Kier alpha value is -2.58. The second-order valence-electron chi connectivity index (χ2n) is 4.68. The van der Waals surface area contributed by atoms with Crippen molar-refractivity contribution in [1.82, 2.24) is 10.2 Å². The predicted octanol–water partition coefficient (Wildman–Crippen LogP) is 1.55. The molecule has 0 radical (unpaired) electrons. The molecule has 2 rings (SSSR count). The molecular formula is C14H10Cl2N2O6. The van der Waals surface area contributed by atoms with Crippen molar-refractivity contribution in [3.63, 3.8) is 0 Å². The van der Waals surface area contributed by atoms with Crippen molar-refractivity contribution < 1.29 is 29.0 Å². The van der Waals surface area contributed by atoms with Crippen LogP contribution in [0.2, 0.25) is 10.0 Å². The first-order valence-corrected chi connectivity index (χ1v) is 7.15. The summed E-state index contributed by atoms with van der Waals surface area (Å²) in [6.07, 6.45) is 1.21. The molecule has 0 aromatic heterocycles. The number of halogens is 2. The normalized spacial score (nSPS) is 16.4. The van der Waals surface area contributed by atoms with E-state index in [9.17, 15) is 19.2 Å². The number of ether oxygens (including phenoxy) is 1. The number of barbiturate groups is 1. The molecule has 1 saturated heterocycles. The molecule has 0 atom stereocenters. The van der Waals surface area contributed by atoms with Gasteiger partial charge in [0, 0.05) is 7.05 Å². The van der Waals surface area contributed by atoms with Gasteiger partial charge in [0.05, 0.1) is 10.0 Å². The summed E-state index contributed by atoms with van der Waals surface area (Å²) in [4.78, 5) is 46.4. The van der Waals surface area contributed by atoms with Gasteiger partial charge in [-0.25, -0.2) is 9.59 Å². The molecule has 1 aromatic rings. The number of nitrogens with one attached hydrogen (secondary N) is 1. The Kier molecular flexibility index (Phi) is 5.10. The largest absolute Gasteiger partial charge is 0.479 e. The lowest BCUT2D eigenvalue weighted by molar-refractivity contribution is -0.139. The quantitative estimate of drug-likeness (QED) is 0.612. The number of carboxylic acid groups (broad SMARTS) is 1. The van der Waals surface area contributed by atoms with E-state index in [4.69, 9.17) is 33.0 Å². The Morgan fingerprint density at radius 3 is 2.42 bits per heavy atom. The topological polar surface area (TPSA) is 113 Å². The molecule has 4 amide bonds. The summed E-state index contributed by atoms with van der Waals surface area (Å²) in [5.41, 5.74) is 0.0253. The maximum absolute atomic E-state index is 12.0. The molecule has 1 aliphatic rings. The highest BCUT2D eigenvalue weighted by atomic mass is 35.5. The van der Waals surface area contributed by atoms with Gasteiger partial charge in [-0.15, -0.1) is 0 Å². The minimum Gasteiger partial charge on any atom is -0.479 e. The Morgan fingerprint density at radius 1 is 1.29 bits per heavy atom. The van der Waals surface area contributed by atoms with Crippen LogP contribution in [0.3, 0.4) is 0 Å². The van der Waals surface area contributed by atoms with E-state index < -0.39 is 30.4 Å². The van der Waals surface area contributed by atoms with E-state index >= 15 is 0 Å². The lowest BCUT2D eigenvalue weighted by Crippen LogP contribution is -2.52. The summed E-state index contributed by atoms with van der Waals surface area (Å²) in [5.74, 6) is -2.86. The van der Waals surface area contributed by atoms with E-state index in [2.05, 4.69) is 0 Å². The molecule has 1 fully saturated rings. The van der Waals surface area contributed by atoms with E-state index in [0.717, 1.165) is 4.90 Å². The SMILES string of the molecule is CN1C(=O)NC(=O)/C(=C\c2cc(Cl)c(OCC(=O)O)c(Cl)c2)C1=O. The number of carboxylic acids is 1. The number of amides is 4. The zero-order chi connectivity index (χ0) is 18.0. The predicted molar refractivity (Wildman–Crippen MR) is 83.9 cm³/mol. The summed E-state index contributed by atoms with van der Waals surface area (Å²) in [7, 11) is 1.22. The minimum absolute atomic E-state index is 0.00342. The summed E-state index contributed by atoms with van der Waals surface area (Å²) < 4.78 is 4.96. The second-order valence-corrected chi connectivity index (χ2v) is 5.49. The summed E-state index contributed by atoms with van der Waals surface area (Å²) in [6.45, 7) is -0.631. The third-order valence-corrected chi connectivity index (χ3v) is 3.54. The van der Waals surface area contributed by atoms with Gasteiger partial charge in [0.1, 0.15) is 5.57 Å². The van der Waals surface area contributed by atoms with E-state index in [1.165, 1.54) is 25.3 Å². The van der Waals surface area contributed by atoms with Crippen LogP contribution in [-0.4, -0.2) is 47.5 Å². The van der Waals surface area contributed by atoms with E-state index in [1.807, 2.05) is 5.32 Å². The fourth-order valence-electron chi connectivity index (χ4n) is 1.85. The number of urea groups is 1. The van der Waals surface area contributed by atoms with Crippen LogP contribution in [0, 0.1) is 0 Å². The smallest absolute Gasteiger partial charge is 0.341 e. The van der Waals surface area contributed by atoms with Crippen LogP contribution in [-0.2, 0) is 14.4 Å². The minimum atomic E-state index is -1.20. The lowest BCUT2D eigenvalue weighted by Gasteiger charge is -2.22. The number of aliphatic carboxylic acids is 1. The van der Waals surface area contributed by atoms with Crippen LogP contribution in [0.5, 0.6) is 5.75 Å². The molecule has 8 nitrogen and oxygen atoms in total. The van der Waals surface area contributed by atoms with Crippen molar-refractivity contribution >= 4 is 53.1 Å². The average Bonchev–Trinajstić information content (AvgIpc) is 2.48. The van der Waals surface area contributed by atoms with Gasteiger partial charge < -0.3 is 9.84 Å². The number of hydrogen-bond donors (Lipinski definition) is 2. The van der Waals surface area contributed by atoms with Crippen molar-refractivity contribution in [2.75, 3.05) is 13.7 Å². The number of likely N-dealkylation sites (N-methyl/N-ethyl adjacent to an activating group) is 1. The maximum Gasteiger partial charge on any atom is 0.341 e. The number of carbonyl (C=O) groups is 4. The highest BCUT2D eigenvalue weighted by Crippen LogP contribution is 2.35.